The van der Waals surface area contributed by atoms with Crippen molar-refractivity contribution in [3.8, 4) is 5.75 Å². The van der Waals surface area contributed by atoms with Crippen molar-refractivity contribution in [2.24, 2.45) is 0 Å². The molecule has 2 aliphatic rings. The first kappa shape index (κ1) is 24.3. The van der Waals surface area contributed by atoms with Gasteiger partial charge in [0.05, 0.1) is 26.4 Å². The number of carbonyl (C=O) groups is 2. The molecule has 0 unspecified atom stereocenters. The summed E-state index contributed by atoms with van der Waals surface area (Å²) in [6, 6.07) is 7.96. The number of morpholine rings is 1. The minimum atomic E-state index is -0.919. The van der Waals surface area contributed by atoms with Gasteiger partial charge in [-0.25, -0.2) is 4.79 Å². The molecule has 0 saturated carbocycles. The second-order valence-corrected chi connectivity index (χ2v) is 9.66. The molecule has 0 spiro atoms. The molecule has 2 saturated heterocycles. The second kappa shape index (κ2) is 10.1. The molecule has 8 nitrogen and oxygen atoms in total. The Kier molecular flexibility index (Phi) is 7.67. The third-order valence-corrected chi connectivity index (χ3v) is 6.19. The molecule has 2 aliphatic heterocycles. The third kappa shape index (κ3) is 5.72. The third-order valence-electron chi connectivity index (χ3n) is 6.19. The second-order valence-electron chi connectivity index (χ2n) is 9.66. The summed E-state index contributed by atoms with van der Waals surface area (Å²) in [6.45, 7) is 11.2. The highest BCUT2D eigenvalue weighted by Gasteiger charge is 2.47. The Hall–Kier alpha value is -2.32. The van der Waals surface area contributed by atoms with Crippen LogP contribution in [-0.2, 0) is 14.3 Å². The molecule has 178 valence electrons. The van der Waals surface area contributed by atoms with E-state index < -0.39 is 17.2 Å². The van der Waals surface area contributed by atoms with Crippen molar-refractivity contribution in [2.45, 2.75) is 57.7 Å². The van der Waals surface area contributed by atoms with Gasteiger partial charge in [0.2, 0.25) is 5.91 Å². The number of methoxy groups -OCH3 is 1. The predicted molar refractivity (Wildman–Crippen MR) is 122 cm³/mol. The number of rotatable bonds is 6. The van der Waals surface area contributed by atoms with Gasteiger partial charge in [-0.15, -0.1) is 0 Å². The maximum atomic E-state index is 13.3. The molecular formula is C24H37N3O5. The number of nitrogens with one attached hydrogen (secondary N) is 1. The van der Waals surface area contributed by atoms with E-state index >= 15 is 0 Å². The Morgan fingerprint density at radius 1 is 1.16 bits per heavy atom. The highest BCUT2D eigenvalue weighted by Crippen LogP contribution is 2.31. The van der Waals surface area contributed by atoms with Gasteiger partial charge in [0.1, 0.15) is 16.9 Å². The van der Waals surface area contributed by atoms with Crippen molar-refractivity contribution in [3.05, 3.63) is 29.8 Å². The molecule has 2 atom stereocenters. The first-order valence-electron chi connectivity index (χ1n) is 11.4. The molecule has 1 aromatic rings. The maximum absolute atomic E-state index is 13.3. The molecule has 1 aromatic carbocycles. The molecule has 0 radical (unpaired) electrons. The van der Waals surface area contributed by atoms with Crippen LogP contribution < -0.4 is 10.1 Å². The van der Waals surface area contributed by atoms with E-state index in [0.717, 1.165) is 30.8 Å². The van der Waals surface area contributed by atoms with E-state index in [4.69, 9.17) is 14.2 Å². The first-order chi connectivity index (χ1) is 15.1. The summed E-state index contributed by atoms with van der Waals surface area (Å²) >= 11 is 0. The highest BCUT2D eigenvalue weighted by molar-refractivity contribution is 5.90. The zero-order valence-electron chi connectivity index (χ0n) is 20.0. The van der Waals surface area contributed by atoms with E-state index in [1.165, 1.54) is 0 Å². The minimum absolute atomic E-state index is 0.00809. The zero-order chi connectivity index (χ0) is 23.4. The molecular weight excluding hydrogens is 410 g/mol. The average Bonchev–Trinajstić information content (AvgIpc) is 3.17. The van der Waals surface area contributed by atoms with Gasteiger partial charge in [0.15, 0.2) is 0 Å². The quantitative estimate of drug-likeness (QED) is 0.722. The van der Waals surface area contributed by atoms with Crippen LogP contribution in [0.25, 0.3) is 0 Å². The lowest BCUT2D eigenvalue weighted by Gasteiger charge is -2.37. The molecule has 3 rings (SSSR count). The number of hydrogen-bond acceptors (Lipinski definition) is 6. The Morgan fingerprint density at radius 3 is 2.41 bits per heavy atom. The van der Waals surface area contributed by atoms with Gasteiger partial charge in [-0.05, 0) is 58.2 Å². The smallest absolute Gasteiger partial charge is 0.411 e. The van der Waals surface area contributed by atoms with Gasteiger partial charge in [-0.1, -0.05) is 12.1 Å². The molecule has 0 aromatic heterocycles. The fourth-order valence-electron chi connectivity index (χ4n) is 4.36. The van der Waals surface area contributed by atoms with Crippen LogP contribution in [0.2, 0.25) is 0 Å². The summed E-state index contributed by atoms with van der Waals surface area (Å²) in [5.41, 5.74) is -0.418. The van der Waals surface area contributed by atoms with Crippen LogP contribution in [0, 0.1) is 0 Å². The summed E-state index contributed by atoms with van der Waals surface area (Å²) in [4.78, 5) is 30.0. The Labute approximate surface area is 191 Å². The van der Waals surface area contributed by atoms with Gasteiger partial charge in [-0.2, -0.15) is 0 Å². The number of nitrogens with zero attached hydrogens (tertiary/aromatic N) is 2. The fraction of sp³-hybridized carbons (Fsp3) is 0.667. The largest absolute Gasteiger partial charge is 0.497 e. The first-order valence-corrected chi connectivity index (χ1v) is 11.4. The van der Waals surface area contributed by atoms with Gasteiger partial charge >= 0.3 is 6.09 Å². The van der Waals surface area contributed by atoms with E-state index in [-0.39, 0.29) is 11.9 Å². The normalized spacial score (nSPS) is 23.0. The van der Waals surface area contributed by atoms with Crippen LogP contribution in [-0.4, -0.2) is 79.4 Å². The van der Waals surface area contributed by atoms with Crippen molar-refractivity contribution in [1.29, 1.82) is 0 Å². The van der Waals surface area contributed by atoms with E-state index in [1.807, 2.05) is 52.0 Å². The zero-order valence-corrected chi connectivity index (χ0v) is 20.0. The summed E-state index contributed by atoms with van der Waals surface area (Å²) in [5.74, 6) is 0.651. The van der Waals surface area contributed by atoms with Gasteiger partial charge in [0.25, 0.3) is 0 Å². The predicted octanol–water partition coefficient (Wildman–Crippen LogP) is 2.97. The van der Waals surface area contributed by atoms with E-state index in [1.54, 1.807) is 12.0 Å². The van der Waals surface area contributed by atoms with E-state index in [9.17, 15) is 9.59 Å². The molecule has 2 fully saturated rings. The van der Waals surface area contributed by atoms with Crippen LogP contribution in [0.1, 0.15) is 52.1 Å². The van der Waals surface area contributed by atoms with Gasteiger partial charge in [0, 0.05) is 26.2 Å². The number of hydrogen-bond donors (Lipinski definition) is 1. The molecule has 32 heavy (non-hydrogen) atoms. The Bertz CT molecular complexity index is 786. The highest BCUT2D eigenvalue weighted by atomic mass is 16.6. The van der Waals surface area contributed by atoms with Crippen LogP contribution in [0.4, 0.5) is 4.79 Å². The van der Waals surface area contributed by atoms with Crippen LogP contribution in [0.3, 0.4) is 0 Å². The minimum Gasteiger partial charge on any atom is -0.497 e. The van der Waals surface area contributed by atoms with Crippen molar-refractivity contribution in [3.63, 3.8) is 0 Å². The number of likely N-dealkylation sites (tertiary alicyclic amines) is 1. The summed E-state index contributed by atoms with van der Waals surface area (Å²) in [5, 5.41) is 3.14. The number of ether oxygens (including phenoxy) is 3. The summed E-state index contributed by atoms with van der Waals surface area (Å²) < 4.78 is 16.4. The standard InChI is InChI=1S/C24H37N3O5/c1-23(2,3)32-22(29)27-12-6-11-24(27,4)21(28)25-17-20(26-13-15-31-16-14-26)18-7-9-19(30-5)10-8-18/h7-10,20H,6,11-17H2,1-5H3,(H,25,28)/t20-,24+/m1/s1. The van der Waals surface area contributed by atoms with Crippen molar-refractivity contribution >= 4 is 12.0 Å². The van der Waals surface area contributed by atoms with E-state index in [0.29, 0.717) is 32.7 Å². The number of carbonyl (C=O) groups excluding carboxylic acids is 2. The van der Waals surface area contributed by atoms with Gasteiger partial charge < -0.3 is 19.5 Å². The molecule has 0 bridgehead atoms. The Morgan fingerprint density at radius 2 is 1.81 bits per heavy atom. The monoisotopic (exact) mass is 447 g/mol. The molecule has 8 heteroatoms. The van der Waals surface area contributed by atoms with Crippen molar-refractivity contribution < 1.29 is 23.8 Å². The molecule has 1 N–H and O–H groups in total. The Balaban J connectivity index is 1.72. The number of amides is 2. The molecule has 2 amide bonds. The van der Waals surface area contributed by atoms with Crippen molar-refractivity contribution in [2.75, 3.05) is 46.5 Å². The summed E-state index contributed by atoms with van der Waals surface area (Å²) in [7, 11) is 1.65. The lowest BCUT2D eigenvalue weighted by Crippen LogP contribution is -2.57. The SMILES string of the molecule is COc1ccc([C@@H](CNC(=O)[C@]2(C)CCCN2C(=O)OC(C)(C)C)N2CCOCC2)cc1. The lowest BCUT2D eigenvalue weighted by molar-refractivity contribution is -0.131. The molecule has 0 aliphatic carbocycles. The van der Waals surface area contributed by atoms with Crippen LogP contribution in [0.15, 0.2) is 24.3 Å². The lowest BCUT2D eigenvalue weighted by atomic mass is 9.97. The molecule has 2 heterocycles. The number of benzene rings is 1. The average molecular weight is 448 g/mol. The topological polar surface area (TPSA) is 80.3 Å². The maximum Gasteiger partial charge on any atom is 0.411 e. The van der Waals surface area contributed by atoms with Gasteiger partial charge in [-0.3, -0.25) is 14.6 Å². The van der Waals surface area contributed by atoms with Crippen LogP contribution in [0.5, 0.6) is 5.75 Å². The van der Waals surface area contributed by atoms with Crippen LogP contribution >= 0.6 is 0 Å². The van der Waals surface area contributed by atoms with E-state index in [2.05, 4.69) is 10.2 Å². The van der Waals surface area contributed by atoms with Crippen molar-refractivity contribution in [1.82, 2.24) is 15.1 Å². The fourth-order valence-corrected chi connectivity index (χ4v) is 4.36. The summed E-state index contributed by atoms with van der Waals surface area (Å²) in [6.07, 6.45) is 0.949.